The number of aromatic nitrogens is 3. The van der Waals surface area contributed by atoms with Crippen molar-refractivity contribution in [3.05, 3.63) is 12.7 Å². The third kappa shape index (κ3) is 2.24. The molecule has 2 unspecified atom stereocenters. The van der Waals surface area contributed by atoms with E-state index in [0.29, 0.717) is 23.7 Å². The molecule has 0 spiro atoms. The topological polar surface area (TPSA) is 75.1 Å². The zero-order valence-corrected chi connectivity index (χ0v) is 16.2. The van der Waals surface area contributed by atoms with E-state index < -0.39 is 0 Å². The van der Waals surface area contributed by atoms with Crippen LogP contribution in [0.15, 0.2) is 12.7 Å². The number of hydrogen-bond acceptors (Lipinski definition) is 5. The maximum Gasteiger partial charge on any atom is 0.229 e. The Morgan fingerprint density at radius 1 is 1.26 bits per heavy atom. The van der Waals surface area contributed by atoms with Gasteiger partial charge in [-0.1, -0.05) is 0 Å². The van der Waals surface area contributed by atoms with Crippen LogP contribution in [-0.4, -0.2) is 64.3 Å². The summed E-state index contributed by atoms with van der Waals surface area (Å²) in [6.45, 7) is 3.71. The van der Waals surface area contributed by atoms with Crippen molar-refractivity contribution in [2.24, 2.45) is 23.2 Å². The first-order valence-electron chi connectivity index (χ1n) is 10.6. The van der Waals surface area contributed by atoms with Crippen LogP contribution in [0.25, 0.3) is 0 Å². The molecular weight excluding hydrogens is 340 g/mol. The second-order valence-corrected chi connectivity index (χ2v) is 10.4. The fourth-order valence-corrected chi connectivity index (χ4v) is 7.94. The van der Waals surface area contributed by atoms with Gasteiger partial charge in [0.05, 0.1) is 11.0 Å². The molecule has 2 saturated heterocycles. The fraction of sp³-hybridized carbons (Fsp3) is 0.850. The van der Waals surface area contributed by atoms with Gasteiger partial charge in [-0.05, 0) is 57.4 Å². The third-order valence-corrected chi connectivity index (χ3v) is 8.46. The molecule has 4 saturated carbocycles. The average molecular weight is 371 g/mol. The lowest BCUT2D eigenvalue weighted by atomic mass is 9.49. The van der Waals surface area contributed by atoms with Crippen LogP contribution >= 0.6 is 0 Å². The Balaban J connectivity index is 1.31. The van der Waals surface area contributed by atoms with Crippen LogP contribution in [0, 0.1) is 23.2 Å². The smallest absolute Gasteiger partial charge is 0.229 e. The highest BCUT2D eigenvalue weighted by Crippen LogP contribution is 2.60. The summed E-state index contributed by atoms with van der Waals surface area (Å²) < 4.78 is 2.12. The lowest BCUT2D eigenvalue weighted by Crippen LogP contribution is -2.67. The van der Waals surface area contributed by atoms with Crippen LogP contribution < -0.4 is 10.6 Å². The Kier molecular flexibility index (Phi) is 3.25. The van der Waals surface area contributed by atoms with Crippen molar-refractivity contribution in [3.8, 4) is 0 Å². The standard InChI is InChI=1S/C20H30N6O/c1-25-8-16-7-21-10-20(16,11-25)17(27)24-18-3-14-2-15(4-18)6-19(5-14,9-18)26-13-22-12-23-26/h12-16,21H,2-11H2,1H3,(H,24,27)/t14?,15?,16-,18?,19?,20-/m1/s1. The molecule has 1 amide bonds. The van der Waals surface area contributed by atoms with Gasteiger partial charge in [0.25, 0.3) is 0 Å². The molecular formula is C20H30N6O. The van der Waals surface area contributed by atoms with Crippen LogP contribution in [-0.2, 0) is 10.3 Å². The van der Waals surface area contributed by atoms with E-state index in [4.69, 9.17) is 0 Å². The molecule has 1 aromatic rings. The van der Waals surface area contributed by atoms with Gasteiger partial charge in [0.2, 0.25) is 5.91 Å². The third-order valence-electron chi connectivity index (χ3n) is 8.46. The first-order valence-corrected chi connectivity index (χ1v) is 10.6. The number of hydrogen-bond donors (Lipinski definition) is 2. The molecule has 4 atom stereocenters. The van der Waals surface area contributed by atoms with Gasteiger partial charge in [-0.25, -0.2) is 9.67 Å². The molecule has 6 fully saturated rings. The van der Waals surface area contributed by atoms with Crippen molar-refractivity contribution < 1.29 is 4.79 Å². The van der Waals surface area contributed by atoms with Crippen LogP contribution in [0.5, 0.6) is 0 Å². The minimum Gasteiger partial charge on any atom is -0.350 e. The Labute approximate surface area is 160 Å². The molecule has 3 heterocycles. The molecule has 7 heteroatoms. The number of carbonyl (C=O) groups is 1. The van der Waals surface area contributed by atoms with Crippen molar-refractivity contribution in [1.82, 2.24) is 30.3 Å². The predicted octanol–water partition coefficient (Wildman–Crippen LogP) is 0.593. The van der Waals surface area contributed by atoms with Gasteiger partial charge >= 0.3 is 0 Å². The van der Waals surface area contributed by atoms with Crippen LogP contribution in [0.4, 0.5) is 0 Å². The van der Waals surface area contributed by atoms with E-state index in [2.05, 4.69) is 37.3 Å². The predicted molar refractivity (Wildman–Crippen MR) is 99.8 cm³/mol. The summed E-state index contributed by atoms with van der Waals surface area (Å²) >= 11 is 0. The fourth-order valence-electron chi connectivity index (χ4n) is 7.94. The minimum atomic E-state index is -0.238. The Bertz CT molecular complexity index is 749. The van der Waals surface area contributed by atoms with Gasteiger partial charge in [-0.2, -0.15) is 5.10 Å². The number of carbonyl (C=O) groups excluding carboxylic acids is 1. The summed E-state index contributed by atoms with van der Waals surface area (Å²) in [5.74, 6) is 2.16. The SMILES string of the molecule is CN1C[C@H]2CNC[C@@]2(C(=O)NC23CC4CC(C2)CC(n2cncn2)(C4)C3)C1. The minimum absolute atomic E-state index is 0.0455. The lowest BCUT2D eigenvalue weighted by molar-refractivity contribution is -0.140. The van der Waals surface area contributed by atoms with Gasteiger partial charge in [0.15, 0.2) is 0 Å². The van der Waals surface area contributed by atoms with Gasteiger partial charge in [0, 0.05) is 37.6 Å². The summed E-state index contributed by atoms with van der Waals surface area (Å²) in [7, 11) is 2.15. The van der Waals surface area contributed by atoms with Gasteiger partial charge < -0.3 is 15.5 Å². The molecule has 0 radical (unpaired) electrons. The average Bonchev–Trinajstić information content (AvgIpc) is 3.28. The molecule has 27 heavy (non-hydrogen) atoms. The molecule has 1 aromatic heterocycles. The number of likely N-dealkylation sites (tertiary alicyclic amines) is 1. The van der Waals surface area contributed by atoms with E-state index in [1.165, 1.54) is 19.3 Å². The zero-order valence-electron chi connectivity index (χ0n) is 16.2. The second-order valence-electron chi connectivity index (χ2n) is 10.4. The Morgan fingerprint density at radius 2 is 2.07 bits per heavy atom. The summed E-state index contributed by atoms with van der Waals surface area (Å²) in [6, 6.07) is 0. The highest BCUT2D eigenvalue weighted by Gasteiger charge is 2.61. The monoisotopic (exact) mass is 370 g/mol. The van der Waals surface area contributed by atoms with Crippen molar-refractivity contribution in [2.75, 3.05) is 33.2 Å². The molecule has 0 aromatic carbocycles. The summed E-state index contributed by atoms with van der Waals surface area (Å²) in [6.07, 6.45) is 10.6. The molecule has 4 bridgehead atoms. The van der Waals surface area contributed by atoms with Crippen LogP contribution in [0.2, 0.25) is 0 Å². The van der Waals surface area contributed by atoms with Gasteiger partial charge in [-0.3, -0.25) is 4.79 Å². The highest BCUT2D eigenvalue weighted by atomic mass is 16.2. The van der Waals surface area contributed by atoms with Crippen molar-refractivity contribution in [3.63, 3.8) is 0 Å². The van der Waals surface area contributed by atoms with Crippen molar-refractivity contribution >= 4 is 5.91 Å². The van der Waals surface area contributed by atoms with E-state index in [0.717, 1.165) is 45.4 Å². The number of rotatable bonds is 3. The summed E-state index contributed by atoms with van der Waals surface area (Å²) in [4.78, 5) is 20.2. The van der Waals surface area contributed by atoms with Crippen molar-refractivity contribution in [1.29, 1.82) is 0 Å². The second kappa shape index (κ2) is 5.32. The maximum absolute atomic E-state index is 13.7. The Hall–Kier alpha value is -1.47. The number of amides is 1. The number of fused-ring (bicyclic) bond motifs is 1. The van der Waals surface area contributed by atoms with E-state index in [1.807, 2.05) is 6.33 Å². The quantitative estimate of drug-likeness (QED) is 0.815. The number of nitrogens with one attached hydrogen (secondary N) is 2. The first kappa shape index (κ1) is 16.5. The molecule has 4 aliphatic carbocycles. The van der Waals surface area contributed by atoms with Gasteiger partial charge in [0.1, 0.15) is 12.7 Å². The van der Waals surface area contributed by atoms with Crippen molar-refractivity contribution in [2.45, 2.75) is 49.6 Å². The molecule has 7 rings (SSSR count). The molecule has 6 aliphatic rings. The normalized spacial score (nSPS) is 48.1. The number of nitrogens with zero attached hydrogens (tertiary/aromatic N) is 4. The lowest BCUT2D eigenvalue weighted by Gasteiger charge is -2.62. The zero-order chi connectivity index (χ0) is 18.3. The molecule has 7 nitrogen and oxygen atoms in total. The van der Waals surface area contributed by atoms with E-state index in [-0.39, 0.29) is 16.5 Å². The molecule has 2 N–H and O–H groups in total. The first-order chi connectivity index (χ1) is 13.0. The van der Waals surface area contributed by atoms with E-state index in [9.17, 15) is 4.79 Å². The largest absolute Gasteiger partial charge is 0.350 e. The summed E-state index contributed by atoms with van der Waals surface area (Å²) in [5.41, 5.74) is -0.222. The summed E-state index contributed by atoms with van der Waals surface area (Å²) in [5, 5.41) is 11.7. The Morgan fingerprint density at radius 3 is 2.81 bits per heavy atom. The molecule has 2 aliphatic heterocycles. The van der Waals surface area contributed by atoms with E-state index >= 15 is 0 Å². The van der Waals surface area contributed by atoms with E-state index in [1.54, 1.807) is 6.33 Å². The van der Waals surface area contributed by atoms with Crippen LogP contribution in [0.3, 0.4) is 0 Å². The highest BCUT2D eigenvalue weighted by molar-refractivity contribution is 5.85. The maximum atomic E-state index is 13.7. The molecule has 146 valence electrons. The van der Waals surface area contributed by atoms with Gasteiger partial charge in [-0.15, -0.1) is 0 Å². The van der Waals surface area contributed by atoms with Crippen LogP contribution in [0.1, 0.15) is 38.5 Å².